The Hall–Kier alpha value is -2.05. The molecule has 3 rings (SSSR count). The van der Waals surface area contributed by atoms with Gasteiger partial charge in [-0.2, -0.15) is 0 Å². The smallest absolute Gasteiger partial charge is 0.224 e. The highest BCUT2D eigenvalue weighted by atomic mass is 79.9. The molecule has 3 aromatic rings. The Morgan fingerprint density at radius 1 is 1.08 bits per heavy atom. The van der Waals surface area contributed by atoms with E-state index in [4.69, 9.17) is 21.1 Å². The van der Waals surface area contributed by atoms with Crippen molar-refractivity contribution in [2.45, 2.75) is 13.0 Å². The molecule has 1 aromatic heterocycles. The number of nitrogens with zero attached hydrogens (tertiary/aromatic N) is 2. The first-order valence-corrected chi connectivity index (χ1v) is 8.80. The van der Waals surface area contributed by atoms with Crippen molar-refractivity contribution in [3.8, 4) is 11.5 Å². The fourth-order valence-electron chi connectivity index (χ4n) is 2.60. The van der Waals surface area contributed by atoms with Crippen LogP contribution < -0.4 is 14.8 Å². The number of ether oxygens (including phenoxy) is 2. The van der Waals surface area contributed by atoms with Crippen molar-refractivity contribution in [3.05, 3.63) is 51.7 Å². The van der Waals surface area contributed by atoms with E-state index in [2.05, 4.69) is 50.3 Å². The molecule has 7 heteroatoms. The van der Waals surface area contributed by atoms with E-state index in [1.165, 1.54) is 0 Å². The second-order valence-electron chi connectivity index (χ2n) is 5.49. The fourth-order valence-corrected chi connectivity index (χ4v) is 3.19. The predicted molar refractivity (Wildman–Crippen MR) is 104 cm³/mol. The van der Waals surface area contributed by atoms with Crippen molar-refractivity contribution in [1.29, 1.82) is 0 Å². The lowest BCUT2D eigenvalue weighted by atomic mass is 10.1. The van der Waals surface area contributed by atoms with E-state index < -0.39 is 0 Å². The van der Waals surface area contributed by atoms with Gasteiger partial charge in [0.1, 0.15) is 5.82 Å². The van der Waals surface area contributed by atoms with Crippen LogP contribution in [-0.4, -0.2) is 24.2 Å². The zero-order valence-electron chi connectivity index (χ0n) is 14.0. The van der Waals surface area contributed by atoms with Crippen LogP contribution in [0.2, 0.25) is 5.28 Å². The average molecular weight is 423 g/mol. The molecule has 25 heavy (non-hydrogen) atoms. The molecule has 1 heterocycles. The summed E-state index contributed by atoms with van der Waals surface area (Å²) in [6.07, 6.45) is 0. The molecular weight excluding hydrogens is 406 g/mol. The van der Waals surface area contributed by atoms with Crippen molar-refractivity contribution in [2.24, 2.45) is 0 Å². The van der Waals surface area contributed by atoms with Crippen LogP contribution in [-0.2, 0) is 0 Å². The van der Waals surface area contributed by atoms with E-state index in [0.717, 1.165) is 15.4 Å². The van der Waals surface area contributed by atoms with Gasteiger partial charge in [-0.15, -0.1) is 0 Å². The van der Waals surface area contributed by atoms with Crippen LogP contribution in [0.15, 0.2) is 40.9 Å². The van der Waals surface area contributed by atoms with Gasteiger partial charge < -0.3 is 14.8 Å². The van der Waals surface area contributed by atoms with Gasteiger partial charge in [0.05, 0.1) is 25.8 Å². The molecular formula is C18H17BrClN3O2. The Kier molecular flexibility index (Phi) is 5.30. The van der Waals surface area contributed by atoms with Crippen LogP contribution in [0.4, 0.5) is 5.82 Å². The molecule has 0 bridgehead atoms. The molecule has 1 N–H and O–H groups in total. The molecule has 1 unspecified atom stereocenters. The molecule has 0 radical (unpaired) electrons. The molecule has 0 amide bonds. The van der Waals surface area contributed by atoms with Crippen LogP contribution in [0.5, 0.6) is 11.5 Å². The maximum atomic E-state index is 6.11. The van der Waals surface area contributed by atoms with Gasteiger partial charge in [-0.25, -0.2) is 9.97 Å². The number of anilines is 1. The van der Waals surface area contributed by atoms with Crippen LogP contribution in [0, 0.1) is 0 Å². The standard InChI is InChI=1S/C18H17BrClN3O2/c1-10(11-5-4-6-12(19)7-11)21-17-13-8-15(24-2)16(25-3)9-14(13)22-18(20)23-17/h4-10H,1-3H3,(H,21,22,23). The van der Waals surface area contributed by atoms with E-state index in [1.54, 1.807) is 20.3 Å². The zero-order valence-corrected chi connectivity index (χ0v) is 16.4. The van der Waals surface area contributed by atoms with Crippen LogP contribution in [0.25, 0.3) is 10.9 Å². The van der Waals surface area contributed by atoms with E-state index >= 15 is 0 Å². The number of hydrogen-bond donors (Lipinski definition) is 1. The third-order valence-electron chi connectivity index (χ3n) is 3.88. The van der Waals surface area contributed by atoms with Crippen LogP contribution >= 0.6 is 27.5 Å². The number of fused-ring (bicyclic) bond motifs is 1. The van der Waals surface area contributed by atoms with Crippen molar-refractivity contribution in [3.63, 3.8) is 0 Å². The summed E-state index contributed by atoms with van der Waals surface area (Å²) in [5.41, 5.74) is 1.80. The Bertz CT molecular complexity index is 920. The number of hydrogen-bond acceptors (Lipinski definition) is 5. The van der Waals surface area contributed by atoms with Crippen LogP contribution in [0.3, 0.4) is 0 Å². The monoisotopic (exact) mass is 421 g/mol. The first-order chi connectivity index (χ1) is 12.0. The fraction of sp³-hybridized carbons (Fsp3) is 0.222. The minimum Gasteiger partial charge on any atom is -0.493 e. The predicted octanol–water partition coefficient (Wildman–Crippen LogP) is 5.24. The van der Waals surface area contributed by atoms with Crippen molar-refractivity contribution in [2.75, 3.05) is 19.5 Å². The topological polar surface area (TPSA) is 56.3 Å². The first kappa shape index (κ1) is 17.8. The highest BCUT2D eigenvalue weighted by molar-refractivity contribution is 9.10. The quantitative estimate of drug-likeness (QED) is 0.570. The van der Waals surface area contributed by atoms with E-state index in [9.17, 15) is 0 Å². The average Bonchev–Trinajstić information content (AvgIpc) is 2.60. The zero-order chi connectivity index (χ0) is 18.0. The van der Waals surface area contributed by atoms with Gasteiger partial charge in [0.2, 0.25) is 5.28 Å². The number of halogens is 2. The molecule has 0 aliphatic rings. The lowest BCUT2D eigenvalue weighted by Gasteiger charge is -2.17. The Morgan fingerprint density at radius 2 is 1.80 bits per heavy atom. The van der Waals surface area contributed by atoms with Crippen molar-refractivity contribution >= 4 is 44.3 Å². The van der Waals surface area contributed by atoms with Gasteiger partial charge in [0, 0.05) is 15.9 Å². The summed E-state index contributed by atoms with van der Waals surface area (Å²) >= 11 is 9.60. The molecule has 0 spiro atoms. The Labute approximate surface area is 159 Å². The number of nitrogens with one attached hydrogen (secondary N) is 1. The van der Waals surface area contributed by atoms with Gasteiger partial charge in [-0.1, -0.05) is 28.1 Å². The highest BCUT2D eigenvalue weighted by Crippen LogP contribution is 2.35. The van der Waals surface area contributed by atoms with Gasteiger partial charge in [0.25, 0.3) is 0 Å². The molecule has 0 fully saturated rings. The minimum absolute atomic E-state index is 0.0276. The summed E-state index contributed by atoms with van der Waals surface area (Å²) in [5, 5.41) is 4.38. The minimum atomic E-state index is 0.0276. The third kappa shape index (κ3) is 3.80. The highest BCUT2D eigenvalue weighted by Gasteiger charge is 2.15. The largest absolute Gasteiger partial charge is 0.493 e. The SMILES string of the molecule is COc1cc2nc(Cl)nc(NC(C)c3cccc(Br)c3)c2cc1OC. The number of rotatable bonds is 5. The second-order valence-corrected chi connectivity index (χ2v) is 6.74. The van der Waals surface area contributed by atoms with Crippen molar-refractivity contribution < 1.29 is 9.47 Å². The van der Waals surface area contributed by atoms with Gasteiger partial charge in [-0.05, 0) is 42.3 Å². The maximum absolute atomic E-state index is 6.11. The van der Waals surface area contributed by atoms with E-state index in [1.807, 2.05) is 18.2 Å². The maximum Gasteiger partial charge on any atom is 0.224 e. The molecule has 0 saturated carbocycles. The van der Waals surface area contributed by atoms with Crippen LogP contribution in [0.1, 0.15) is 18.5 Å². The van der Waals surface area contributed by atoms with Gasteiger partial charge in [-0.3, -0.25) is 0 Å². The third-order valence-corrected chi connectivity index (χ3v) is 4.54. The Morgan fingerprint density at radius 3 is 2.48 bits per heavy atom. The second kappa shape index (κ2) is 7.45. The van der Waals surface area contributed by atoms with Crippen molar-refractivity contribution in [1.82, 2.24) is 9.97 Å². The summed E-state index contributed by atoms with van der Waals surface area (Å²) in [6, 6.07) is 11.8. The lowest BCUT2D eigenvalue weighted by molar-refractivity contribution is 0.356. The number of aromatic nitrogens is 2. The summed E-state index contributed by atoms with van der Waals surface area (Å²) in [7, 11) is 3.18. The summed E-state index contributed by atoms with van der Waals surface area (Å²) in [5.74, 6) is 1.85. The summed E-state index contributed by atoms with van der Waals surface area (Å²) < 4.78 is 11.7. The lowest BCUT2D eigenvalue weighted by Crippen LogP contribution is -2.09. The summed E-state index contributed by atoms with van der Waals surface area (Å²) in [4.78, 5) is 8.64. The van der Waals surface area contributed by atoms with E-state index in [0.29, 0.717) is 22.8 Å². The summed E-state index contributed by atoms with van der Waals surface area (Å²) in [6.45, 7) is 2.06. The van der Waals surface area contributed by atoms with Gasteiger partial charge >= 0.3 is 0 Å². The number of methoxy groups -OCH3 is 2. The normalized spacial score (nSPS) is 12.0. The Balaban J connectivity index is 2.05. The number of benzene rings is 2. The first-order valence-electron chi connectivity index (χ1n) is 7.63. The molecule has 130 valence electrons. The molecule has 0 aliphatic heterocycles. The molecule has 5 nitrogen and oxygen atoms in total. The van der Waals surface area contributed by atoms with E-state index in [-0.39, 0.29) is 11.3 Å². The molecule has 2 aromatic carbocycles. The molecule has 1 atom stereocenters. The molecule has 0 aliphatic carbocycles. The van der Waals surface area contributed by atoms with Gasteiger partial charge in [0.15, 0.2) is 11.5 Å². The molecule has 0 saturated heterocycles.